The van der Waals surface area contributed by atoms with Gasteiger partial charge in [0.05, 0.1) is 27.8 Å². The zero-order valence-corrected chi connectivity index (χ0v) is 15.3. The summed E-state index contributed by atoms with van der Waals surface area (Å²) in [5, 5.41) is 14.0. The molecule has 4 rings (SSSR count). The molecule has 27 heavy (non-hydrogen) atoms. The third kappa shape index (κ3) is 3.24. The molecule has 7 nitrogen and oxygen atoms in total. The number of carboxylic acids is 1. The van der Waals surface area contributed by atoms with Crippen molar-refractivity contribution in [3.8, 4) is 22.9 Å². The third-order valence-corrected chi connectivity index (χ3v) is 4.53. The number of aryl methyl sites for hydroxylation is 2. The lowest BCUT2D eigenvalue weighted by Gasteiger charge is -2.05. The maximum atomic E-state index is 11.3. The van der Waals surface area contributed by atoms with E-state index in [1.54, 1.807) is 36.0 Å². The van der Waals surface area contributed by atoms with Crippen molar-refractivity contribution in [1.29, 1.82) is 0 Å². The predicted octanol–water partition coefficient (Wildman–Crippen LogP) is 4.42. The number of hydrogen-bond acceptors (Lipinski definition) is 4. The van der Waals surface area contributed by atoms with E-state index in [0.717, 1.165) is 11.1 Å². The van der Waals surface area contributed by atoms with Crippen molar-refractivity contribution in [2.24, 2.45) is 7.05 Å². The van der Waals surface area contributed by atoms with Crippen LogP contribution >= 0.6 is 11.6 Å². The van der Waals surface area contributed by atoms with Crippen molar-refractivity contribution in [3.05, 3.63) is 58.9 Å². The van der Waals surface area contributed by atoms with E-state index in [-0.39, 0.29) is 11.6 Å². The molecule has 0 spiro atoms. The summed E-state index contributed by atoms with van der Waals surface area (Å²) in [7, 11) is 1.84. The van der Waals surface area contributed by atoms with Crippen LogP contribution in [0.5, 0.6) is 11.8 Å². The zero-order valence-electron chi connectivity index (χ0n) is 14.5. The molecule has 0 amide bonds. The molecule has 136 valence electrons. The molecule has 2 heterocycles. The fraction of sp³-hybridized carbons (Fsp3) is 0.105. The molecule has 0 unspecified atom stereocenters. The Balaban J connectivity index is 1.70. The van der Waals surface area contributed by atoms with Gasteiger partial charge in [-0.15, -0.1) is 0 Å². The minimum absolute atomic E-state index is 0.186. The summed E-state index contributed by atoms with van der Waals surface area (Å²) in [6.07, 6.45) is 3.60. The summed E-state index contributed by atoms with van der Waals surface area (Å²) in [6, 6.07) is 8.75. The van der Waals surface area contributed by atoms with Crippen molar-refractivity contribution in [1.82, 2.24) is 19.7 Å². The van der Waals surface area contributed by atoms with Crippen molar-refractivity contribution in [3.63, 3.8) is 0 Å². The first kappa shape index (κ1) is 17.1. The number of aromatic nitrogens is 4. The fourth-order valence-electron chi connectivity index (χ4n) is 2.84. The SMILES string of the molecule is Cc1ccc(Oc2nc3cc(-c4cnn(C)c4)c(Cl)cc3[nH]2)cc1C(=O)O. The van der Waals surface area contributed by atoms with Gasteiger partial charge in [0.25, 0.3) is 6.01 Å². The molecule has 0 saturated heterocycles. The lowest BCUT2D eigenvalue weighted by Crippen LogP contribution is -2.00. The van der Waals surface area contributed by atoms with Gasteiger partial charge in [0.1, 0.15) is 5.75 Å². The first-order chi connectivity index (χ1) is 12.9. The van der Waals surface area contributed by atoms with Crippen molar-refractivity contribution < 1.29 is 14.6 Å². The Morgan fingerprint density at radius 1 is 1.30 bits per heavy atom. The number of carboxylic acid groups (broad SMARTS) is 1. The molecule has 2 aromatic carbocycles. The molecule has 2 N–H and O–H groups in total. The molecule has 0 radical (unpaired) electrons. The number of fused-ring (bicyclic) bond motifs is 1. The van der Waals surface area contributed by atoms with Crippen LogP contribution in [-0.4, -0.2) is 30.8 Å². The molecule has 0 atom stereocenters. The van der Waals surface area contributed by atoms with Gasteiger partial charge in [-0.1, -0.05) is 17.7 Å². The first-order valence-electron chi connectivity index (χ1n) is 8.11. The highest BCUT2D eigenvalue weighted by atomic mass is 35.5. The number of aromatic carboxylic acids is 1. The zero-order chi connectivity index (χ0) is 19.1. The number of nitrogens with one attached hydrogen (secondary N) is 1. The number of imidazole rings is 1. The van der Waals surface area contributed by atoms with Crippen LogP contribution in [0.3, 0.4) is 0 Å². The first-order valence-corrected chi connectivity index (χ1v) is 8.48. The Labute approximate surface area is 159 Å². The molecule has 0 aliphatic carbocycles. The second kappa shape index (κ2) is 6.44. The number of halogens is 1. The average Bonchev–Trinajstić information content (AvgIpc) is 3.20. The van der Waals surface area contributed by atoms with Crippen molar-refractivity contribution in [2.45, 2.75) is 6.92 Å². The monoisotopic (exact) mass is 382 g/mol. The minimum atomic E-state index is -1.00. The molecule has 8 heteroatoms. The fourth-order valence-corrected chi connectivity index (χ4v) is 3.12. The Bertz CT molecular complexity index is 1180. The van der Waals surface area contributed by atoms with E-state index in [1.807, 2.05) is 19.3 Å². The number of carbonyl (C=O) groups is 1. The van der Waals surface area contributed by atoms with Gasteiger partial charge in [-0.25, -0.2) is 4.79 Å². The second-order valence-corrected chi connectivity index (χ2v) is 6.58. The molecule has 4 aromatic rings. The molecule has 0 aliphatic heterocycles. The Morgan fingerprint density at radius 3 is 2.81 bits per heavy atom. The highest BCUT2D eigenvalue weighted by Gasteiger charge is 2.13. The van der Waals surface area contributed by atoms with Gasteiger partial charge in [-0.3, -0.25) is 4.68 Å². The molecule has 2 aromatic heterocycles. The van der Waals surface area contributed by atoms with Crippen LogP contribution in [0.15, 0.2) is 42.7 Å². The highest BCUT2D eigenvalue weighted by Crippen LogP contribution is 2.33. The third-order valence-electron chi connectivity index (χ3n) is 4.22. The topological polar surface area (TPSA) is 93.0 Å². The Morgan fingerprint density at radius 2 is 2.11 bits per heavy atom. The Hall–Kier alpha value is -3.32. The highest BCUT2D eigenvalue weighted by molar-refractivity contribution is 6.34. The van der Waals surface area contributed by atoms with Gasteiger partial charge in [-0.05, 0) is 36.8 Å². The van der Waals surface area contributed by atoms with Crippen LogP contribution in [0.2, 0.25) is 5.02 Å². The van der Waals surface area contributed by atoms with E-state index < -0.39 is 5.97 Å². The number of ether oxygens (including phenoxy) is 1. The second-order valence-electron chi connectivity index (χ2n) is 6.18. The Kier molecular flexibility index (Phi) is 4.08. The van der Waals surface area contributed by atoms with Crippen LogP contribution in [0.4, 0.5) is 0 Å². The number of H-pyrrole nitrogens is 1. The summed E-state index contributed by atoms with van der Waals surface area (Å²) >= 11 is 6.40. The van der Waals surface area contributed by atoms with Gasteiger partial charge < -0.3 is 14.8 Å². The normalized spacial score (nSPS) is 11.1. The van der Waals surface area contributed by atoms with E-state index in [0.29, 0.717) is 27.4 Å². The number of hydrogen-bond donors (Lipinski definition) is 2. The number of aromatic amines is 1. The predicted molar refractivity (Wildman–Crippen MR) is 102 cm³/mol. The van der Waals surface area contributed by atoms with Gasteiger partial charge in [-0.2, -0.15) is 10.1 Å². The maximum Gasteiger partial charge on any atom is 0.336 e. The van der Waals surface area contributed by atoms with Crippen molar-refractivity contribution in [2.75, 3.05) is 0 Å². The summed E-state index contributed by atoms with van der Waals surface area (Å²) in [5.41, 5.74) is 3.95. The van der Waals surface area contributed by atoms with Crippen LogP contribution in [0.25, 0.3) is 22.2 Å². The summed E-state index contributed by atoms with van der Waals surface area (Å²) < 4.78 is 7.41. The van der Waals surface area contributed by atoms with Gasteiger partial charge >= 0.3 is 5.97 Å². The van der Waals surface area contributed by atoms with Gasteiger partial charge in [0.2, 0.25) is 0 Å². The lowest BCUT2D eigenvalue weighted by molar-refractivity contribution is 0.0695. The number of benzene rings is 2. The van der Waals surface area contributed by atoms with Crippen molar-refractivity contribution >= 4 is 28.6 Å². The van der Waals surface area contributed by atoms with E-state index >= 15 is 0 Å². The number of rotatable bonds is 4. The van der Waals surface area contributed by atoms with Crippen LogP contribution in [-0.2, 0) is 7.05 Å². The van der Waals surface area contributed by atoms with E-state index in [1.165, 1.54) is 6.07 Å². The molecule has 0 aliphatic rings. The minimum Gasteiger partial charge on any atom is -0.478 e. The maximum absolute atomic E-state index is 11.3. The molecule has 0 bridgehead atoms. The molecular weight excluding hydrogens is 368 g/mol. The van der Waals surface area contributed by atoms with Crippen LogP contribution < -0.4 is 4.74 Å². The average molecular weight is 383 g/mol. The quantitative estimate of drug-likeness (QED) is 0.545. The summed E-state index contributed by atoms with van der Waals surface area (Å²) in [5.74, 6) is -0.619. The van der Waals surface area contributed by atoms with E-state index in [4.69, 9.17) is 16.3 Å². The van der Waals surface area contributed by atoms with Gasteiger partial charge in [0, 0.05) is 24.4 Å². The summed E-state index contributed by atoms with van der Waals surface area (Å²) in [4.78, 5) is 18.8. The number of nitrogens with zero attached hydrogens (tertiary/aromatic N) is 3. The van der Waals surface area contributed by atoms with Crippen LogP contribution in [0.1, 0.15) is 15.9 Å². The largest absolute Gasteiger partial charge is 0.478 e. The lowest BCUT2D eigenvalue weighted by atomic mass is 10.1. The van der Waals surface area contributed by atoms with Gasteiger partial charge in [0.15, 0.2) is 0 Å². The van der Waals surface area contributed by atoms with Crippen LogP contribution in [0, 0.1) is 6.92 Å². The molecular formula is C19H15ClN4O3. The molecule has 0 saturated carbocycles. The smallest absolute Gasteiger partial charge is 0.336 e. The van der Waals surface area contributed by atoms with E-state index in [2.05, 4.69) is 15.1 Å². The molecule has 0 fully saturated rings. The standard InChI is InChI=1S/C19H15ClN4O3/c1-10-3-4-12(5-13(10)18(25)26)27-19-22-16-6-14(11-8-21-24(2)9-11)15(20)7-17(16)23-19/h3-9H,1-2H3,(H,22,23)(H,25,26). The van der Waals surface area contributed by atoms with E-state index in [9.17, 15) is 9.90 Å². The summed E-state index contributed by atoms with van der Waals surface area (Å²) in [6.45, 7) is 1.73.